The summed E-state index contributed by atoms with van der Waals surface area (Å²) in [6.07, 6.45) is 4.37. The maximum absolute atomic E-state index is 12.2. The molecule has 2 aromatic heterocycles. The molecule has 0 saturated heterocycles. The predicted molar refractivity (Wildman–Crippen MR) is 63.0 cm³/mol. The average Bonchev–Trinajstić information content (AvgIpc) is 2.48. The molecule has 3 rings (SSSR count). The summed E-state index contributed by atoms with van der Waals surface area (Å²) in [4.78, 5) is 31.8. The second-order valence-corrected chi connectivity index (χ2v) is 3.57. The van der Waals surface area contributed by atoms with Gasteiger partial charge in [-0.25, -0.2) is 0 Å². The molecular formula is C12H7N3O2. The normalized spacial score (nSPS) is 10.8. The first-order valence-electron chi connectivity index (χ1n) is 5.03. The minimum Gasteiger partial charge on any atom is -0.268 e. The monoisotopic (exact) mass is 225 g/mol. The number of hydrogen-bond donors (Lipinski definition) is 0. The summed E-state index contributed by atoms with van der Waals surface area (Å²) < 4.78 is 1.32. The molecule has 0 spiro atoms. The minimum absolute atomic E-state index is 0.249. The molecule has 0 aliphatic heterocycles. The molecule has 0 bridgehead atoms. The van der Waals surface area contributed by atoms with Gasteiger partial charge in [0.15, 0.2) is 5.65 Å². The van der Waals surface area contributed by atoms with Crippen molar-refractivity contribution in [2.75, 3.05) is 0 Å². The van der Waals surface area contributed by atoms with E-state index in [0.717, 1.165) is 0 Å². The van der Waals surface area contributed by atoms with Gasteiger partial charge >= 0.3 is 0 Å². The molecule has 0 amide bonds. The third-order valence-corrected chi connectivity index (χ3v) is 2.56. The van der Waals surface area contributed by atoms with Crippen LogP contribution in [0, 0.1) is 0 Å². The van der Waals surface area contributed by atoms with Crippen molar-refractivity contribution in [2.45, 2.75) is 0 Å². The van der Waals surface area contributed by atoms with Crippen molar-refractivity contribution >= 4 is 16.4 Å². The first-order chi connectivity index (χ1) is 8.27. The Kier molecular flexibility index (Phi) is 1.98. The second kappa shape index (κ2) is 3.48. The summed E-state index contributed by atoms with van der Waals surface area (Å²) in [5.41, 5.74) is -0.445. The first kappa shape index (κ1) is 9.65. The van der Waals surface area contributed by atoms with Crippen LogP contribution in [0.25, 0.3) is 16.4 Å². The first-order valence-corrected chi connectivity index (χ1v) is 5.03. The third kappa shape index (κ3) is 1.40. The van der Waals surface area contributed by atoms with Crippen LogP contribution in [-0.4, -0.2) is 14.4 Å². The quantitative estimate of drug-likeness (QED) is 0.562. The fraction of sp³-hybridized carbons (Fsp3) is 0. The average molecular weight is 225 g/mol. The molecule has 3 aromatic rings. The molecule has 0 aliphatic carbocycles. The summed E-state index contributed by atoms with van der Waals surface area (Å²) in [6, 6.07) is 6.64. The molecule has 0 radical (unpaired) electrons. The van der Waals surface area contributed by atoms with E-state index in [9.17, 15) is 9.59 Å². The molecule has 0 fully saturated rings. The van der Waals surface area contributed by atoms with Crippen LogP contribution in [-0.2, 0) is 0 Å². The van der Waals surface area contributed by atoms with Crippen LogP contribution in [0.1, 0.15) is 0 Å². The Morgan fingerprint density at radius 2 is 1.82 bits per heavy atom. The van der Waals surface area contributed by atoms with Crippen molar-refractivity contribution in [2.24, 2.45) is 0 Å². The van der Waals surface area contributed by atoms with Gasteiger partial charge in [0.2, 0.25) is 0 Å². The number of rotatable bonds is 0. The highest BCUT2D eigenvalue weighted by molar-refractivity contribution is 5.80. The Labute approximate surface area is 95.0 Å². The molecule has 82 valence electrons. The van der Waals surface area contributed by atoms with Crippen LogP contribution in [0.2, 0.25) is 0 Å². The predicted octanol–water partition coefficient (Wildman–Crippen LogP) is 0.603. The topological polar surface area (TPSA) is 64.3 Å². The van der Waals surface area contributed by atoms with Crippen molar-refractivity contribution in [1.82, 2.24) is 14.4 Å². The van der Waals surface area contributed by atoms with E-state index in [4.69, 9.17) is 0 Å². The number of aromatic nitrogens is 3. The van der Waals surface area contributed by atoms with Crippen molar-refractivity contribution in [3.05, 3.63) is 63.6 Å². The van der Waals surface area contributed by atoms with Gasteiger partial charge in [0.05, 0.1) is 17.0 Å². The van der Waals surface area contributed by atoms with Crippen LogP contribution >= 0.6 is 0 Å². The Bertz CT molecular complexity index is 840. The Hall–Kier alpha value is -2.56. The Morgan fingerprint density at radius 3 is 2.65 bits per heavy atom. The van der Waals surface area contributed by atoms with Crippen molar-refractivity contribution in [3.63, 3.8) is 0 Å². The van der Waals surface area contributed by atoms with Gasteiger partial charge in [-0.05, 0) is 12.1 Å². The molecule has 5 nitrogen and oxygen atoms in total. The van der Waals surface area contributed by atoms with Gasteiger partial charge in [-0.2, -0.15) is 4.98 Å². The van der Waals surface area contributed by atoms with Crippen LogP contribution in [0.5, 0.6) is 0 Å². The largest absolute Gasteiger partial charge is 0.279 e. The van der Waals surface area contributed by atoms with Gasteiger partial charge < -0.3 is 0 Å². The van der Waals surface area contributed by atoms with E-state index in [-0.39, 0.29) is 11.2 Å². The van der Waals surface area contributed by atoms with E-state index in [1.54, 1.807) is 24.3 Å². The third-order valence-electron chi connectivity index (χ3n) is 2.56. The summed E-state index contributed by atoms with van der Waals surface area (Å²) in [7, 11) is 0. The number of fused-ring (bicyclic) bond motifs is 2. The van der Waals surface area contributed by atoms with Gasteiger partial charge in [0, 0.05) is 12.4 Å². The van der Waals surface area contributed by atoms with Crippen LogP contribution < -0.4 is 11.1 Å². The van der Waals surface area contributed by atoms with E-state index in [2.05, 4.69) is 9.97 Å². The lowest BCUT2D eigenvalue weighted by Gasteiger charge is -1.91. The molecule has 1 aromatic carbocycles. The summed E-state index contributed by atoms with van der Waals surface area (Å²) in [5, 5.41) is 0.678. The highest BCUT2D eigenvalue weighted by atomic mass is 16.1. The Balaban J connectivity index is 2.79. The fourth-order valence-corrected chi connectivity index (χ4v) is 1.76. The van der Waals surface area contributed by atoms with Gasteiger partial charge in [-0.3, -0.25) is 19.0 Å². The van der Waals surface area contributed by atoms with Crippen LogP contribution in [0.4, 0.5) is 0 Å². The fourth-order valence-electron chi connectivity index (χ4n) is 1.76. The maximum atomic E-state index is 12.2. The zero-order valence-corrected chi connectivity index (χ0v) is 8.70. The standard InChI is InChI=1S/C12H7N3O2/c16-11-8-3-1-2-4-9(8)12(17)15-6-5-13-7-10(15)14-11/h1-7H. The van der Waals surface area contributed by atoms with Crippen LogP contribution in [0.3, 0.4) is 0 Å². The van der Waals surface area contributed by atoms with Crippen molar-refractivity contribution in [1.29, 1.82) is 0 Å². The molecule has 2 heterocycles. The molecular weight excluding hydrogens is 218 g/mol. The van der Waals surface area contributed by atoms with Crippen molar-refractivity contribution < 1.29 is 0 Å². The van der Waals surface area contributed by atoms with Gasteiger partial charge in [0.1, 0.15) is 0 Å². The molecule has 0 atom stereocenters. The molecule has 0 aliphatic rings. The van der Waals surface area contributed by atoms with Gasteiger partial charge in [0.25, 0.3) is 11.1 Å². The lowest BCUT2D eigenvalue weighted by atomic mass is 10.2. The molecule has 0 saturated carbocycles. The highest BCUT2D eigenvalue weighted by Crippen LogP contribution is 2.03. The van der Waals surface area contributed by atoms with Crippen LogP contribution in [0.15, 0.2) is 52.4 Å². The minimum atomic E-state index is -0.423. The van der Waals surface area contributed by atoms with E-state index in [1.165, 1.54) is 23.0 Å². The smallest absolute Gasteiger partial charge is 0.268 e. The highest BCUT2D eigenvalue weighted by Gasteiger charge is 2.04. The number of benzene rings is 1. The summed E-state index contributed by atoms with van der Waals surface area (Å²) in [5.74, 6) is 0. The lowest BCUT2D eigenvalue weighted by Crippen LogP contribution is -2.10. The van der Waals surface area contributed by atoms with E-state index in [1.807, 2.05) is 0 Å². The van der Waals surface area contributed by atoms with E-state index in [0.29, 0.717) is 10.8 Å². The molecule has 0 unspecified atom stereocenters. The van der Waals surface area contributed by atoms with E-state index >= 15 is 0 Å². The molecule has 17 heavy (non-hydrogen) atoms. The maximum Gasteiger partial charge on any atom is 0.279 e. The Morgan fingerprint density at radius 1 is 1.06 bits per heavy atom. The molecule has 0 N–H and O–H groups in total. The van der Waals surface area contributed by atoms with Gasteiger partial charge in [-0.1, -0.05) is 12.1 Å². The zero-order valence-electron chi connectivity index (χ0n) is 8.70. The molecule has 5 heteroatoms. The lowest BCUT2D eigenvalue weighted by molar-refractivity contribution is 1.05. The zero-order chi connectivity index (χ0) is 11.8. The number of hydrogen-bond acceptors (Lipinski definition) is 4. The van der Waals surface area contributed by atoms with Gasteiger partial charge in [-0.15, -0.1) is 0 Å². The van der Waals surface area contributed by atoms with Crippen molar-refractivity contribution in [3.8, 4) is 0 Å². The number of nitrogens with zero attached hydrogens (tertiary/aromatic N) is 3. The summed E-state index contributed by atoms with van der Waals surface area (Å²) in [6.45, 7) is 0. The second-order valence-electron chi connectivity index (χ2n) is 3.57. The van der Waals surface area contributed by atoms with E-state index < -0.39 is 5.56 Å². The summed E-state index contributed by atoms with van der Waals surface area (Å²) >= 11 is 0. The SMILES string of the molecule is O=c1nc2cnccn2c(=O)c2ccccc12.